The van der Waals surface area contributed by atoms with Crippen LogP contribution in [0.15, 0.2) is 36.4 Å². The average Bonchev–Trinajstić information content (AvgIpc) is 2.38. The van der Waals surface area contributed by atoms with Crippen molar-refractivity contribution in [2.45, 2.75) is 12.3 Å². The molecule has 1 radical (unpaired) electrons. The van der Waals surface area contributed by atoms with Crippen LogP contribution in [0.5, 0.6) is 0 Å². The van der Waals surface area contributed by atoms with Crippen LogP contribution in [0.1, 0.15) is 17.0 Å². The van der Waals surface area contributed by atoms with Crippen molar-refractivity contribution in [2.75, 3.05) is 0 Å². The van der Waals surface area contributed by atoms with Crippen LogP contribution < -0.4 is 0 Å². The van der Waals surface area contributed by atoms with Gasteiger partial charge in [0.05, 0.1) is 0 Å². The standard InChI is InChI=1S/C15H9O3/c16-8-13-12-6-10-4-2-1-3-9(10)5-11(12)7-14(17)15(13)18/h1-6,13H,7H2. The second-order valence-electron chi connectivity index (χ2n) is 4.41. The van der Waals surface area contributed by atoms with Gasteiger partial charge in [0.1, 0.15) is 5.92 Å². The number of ketones is 2. The lowest BCUT2D eigenvalue weighted by Crippen LogP contribution is -2.30. The van der Waals surface area contributed by atoms with E-state index in [1.165, 1.54) is 0 Å². The SMILES string of the molecule is O=[C]C1C(=O)C(=O)Cc2cc3ccccc3cc21. The van der Waals surface area contributed by atoms with Crippen molar-refractivity contribution >= 4 is 28.6 Å². The number of carbonyl (C=O) groups excluding carboxylic acids is 3. The number of carbonyl (C=O) groups is 2. The van der Waals surface area contributed by atoms with Crippen molar-refractivity contribution in [3.8, 4) is 0 Å². The molecule has 3 nitrogen and oxygen atoms in total. The highest BCUT2D eigenvalue weighted by Gasteiger charge is 2.34. The molecule has 1 aliphatic carbocycles. The maximum absolute atomic E-state index is 11.6. The van der Waals surface area contributed by atoms with E-state index in [9.17, 15) is 14.4 Å². The van der Waals surface area contributed by atoms with Crippen LogP contribution in [0, 0.1) is 0 Å². The second-order valence-corrected chi connectivity index (χ2v) is 4.41. The molecule has 2 aromatic carbocycles. The first-order chi connectivity index (χ1) is 8.70. The molecular formula is C15H9O3. The molecule has 0 saturated carbocycles. The fraction of sp³-hybridized carbons (Fsp3) is 0.133. The Morgan fingerprint density at radius 2 is 1.72 bits per heavy atom. The van der Waals surface area contributed by atoms with E-state index in [4.69, 9.17) is 0 Å². The molecule has 1 atom stereocenters. The summed E-state index contributed by atoms with van der Waals surface area (Å²) < 4.78 is 0. The maximum Gasteiger partial charge on any atom is 0.214 e. The molecule has 1 unspecified atom stereocenters. The maximum atomic E-state index is 11.6. The summed E-state index contributed by atoms with van der Waals surface area (Å²) in [5.41, 5.74) is 1.37. The summed E-state index contributed by atoms with van der Waals surface area (Å²) in [5.74, 6) is -2.20. The summed E-state index contributed by atoms with van der Waals surface area (Å²) >= 11 is 0. The minimum absolute atomic E-state index is 0.0805. The van der Waals surface area contributed by atoms with E-state index in [-0.39, 0.29) is 6.42 Å². The van der Waals surface area contributed by atoms with Crippen LogP contribution in [0.4, 0.5) is 0 Å². The largest absolute Gasteiger partial charge is 0.290 e. The Balaban J connectivity index is 2.29. The molecule has 0 aliphatic heterocycles. The fourth-order valence-electron chi connectivity index (χ4n) is 2.41. The predicted octanol–water partition coefficient (Wildman–Crippen LogP) is 1.73. The molecule has 0 amide bonds. The smallest absolute Gasteiger partial charge is 0.214 e. The second kappa shape index (κ2) is 3.88. The first-order valence-corrected chi connectivity index (χ1v) is 5.67. The van der Waals surface area contributed by atoms with Gasteiger partial charge in [0.25, 0.3) is 0 Å². The summed E-state index contributed by atoms with van der Waals surface area (Å²) in [7, 11) is 0. The number of fused-ring (bicyclic) bond motifs is 2. The Morgan fingerprint density at radius 3 is 2.39 bits per heavy atom. The molecule has 0 bridgehead atoms. The van der Waals surface area contributed by atoms with Gasteiger partial charge in [0.2, 0.25) is 17.9 Å². The average molecular weight is 237 g/mol. The molecular weight excluding hydrogens is 228 g/mol. The molecule has 0 aromatic heterocycles. The number of hydrogen-bond acceptors (Lipinski definition) is 3. The molecule has 3 heteroatoms. The summed E-state index contributed by atoms with van der Waals surface area (Å²) in [4.78, 5) is 34.1. The lowest BCUT2D eigenvalue weighted by atomic mass is 9.80. The van der Waals surface area contributed by atoms with Crippen LogP contribution in [0.25, 0.3) is 10.8 Å². The highest BCUT2D eigenvalue weighted by Crippen LogP contribution is 2.30. The summed E-state index contributed by atoms with van der Waals surface area (Å²) in [5, 5.41) is 1.96. The number of rotatable bonds is 1. The number of Topliss-reactive ketones (excluding diaryl/α,β-unsaturated/α-hetero) is 2. The zero-order valence-electron chi connectivity index (χ0n) is 9.47. The molecule has 87 valence electrons. The first kappa shape index (κ1) is 10.8. The van der Waals surface area contributed by atoms with Crippen LogP contribution in [0.3, 0.4) is 0 Å². The molecule has 0 heterocycles. The Labute approximate surface area is 103 Å². The number of benzene rings is 2. The monoisotopic (exact) mass is 237 g/mol. The van der Waals surface area contributed by atoms with Crippen molar-refractivity contribution in [3.63, 3.8) is 0 Å². The molecule has 0 fully saturated rings. The van der Waals surface area contributed by atoms with Crippen molar-refractivity contribution in [3.05, 3.63) is 47.5 Å². The highest BCUT2D eigenvalue weighted by molar-refractivity contribution is 6.43. The Kier molecular flexibility index (Phi) is 2.33. The third kappa shape index (κ3) is 1.48. The van der Waals surface area contributed by atoms with E-state index in [1.807, 2.05) is 36.4 Å². The van der Waals surface area contributed by atoms with Crippen molar-refractivity contribution in [2.24, 2.45) is 0 Å². The van der Waals surface area contributed by atoms with Gasteiger partial charge in [-0.15, -0.1) is 0 Å². The summed E-state index contributed by atoms with van der Waals surface area (Å²) in [6.45, 7) is 0. The Hall–Kier alpha value is -2.29. The predicted molar refractivity (Wildman–Crippen MR) is 66.1 cm³/mol. The molecule has 3 rings (SSSR count). The first-order valence-electron chi connectivity index (χ1n) is 5.67. The van der Waals surface area contributed by atoms with Crippen LogP contribution in [0.2, 0.25) is 0 Å². The third-order valence-electron chi connectivity index (χ3n) is 3.32. The van der Waals surface area contributed by atoms with Crippen LogP contribution in [-0.4, -0.2) is 17.9 Å². The van der Waals surface area contributed by atoms with Crippen LogP contribution >= 0.6 is 0 Å². The van der Waals surface area contributed by atoms with E-state index in [0.717, 1.165) is 16.3 Å². The molecule has 0 N–H and O–H groups in total. The van der Waals surface area contributed by atoms with Gasteiger partial charge in [0, 0.05) is 6.42 Å². The van der Waals surface area contributed by atoms with Gasteiger partial charge in [-0.3, -0.25) is 14.4 Å². The molecule has 0 spiro atoms. The summed E-state index contributed by atoms with van der Waals surface area (Å²) in [6, 6.07) is 11.3. The van der Waals surface area contributed by atoms with E-state index < -0.39 is 17.5 Å². The van der Waals surface area contributed by atoms with E-state index in [0.29, 0.717) is 5.56 Å². The lowest BCUT2D eigenvalue weighted by Gasteiger charge is -2.19. The van der Waals surface area contributed by atoms with Gasteiger partial charge < -0.3 is 0 Å². The third-order valence-corrected chi connectivity index (χ3v) is 3.32. The molecule has 18 heavy (non-hydrogen) atoms. The lowest BCUT2D eigenvalue weighted by molar-refractivity contribution is -0.136. The zero-order chi connectivity index (χ0) is 12.7. The van der Waals surface area contributed by atoms with Crippen molar-refractivity contribution in [1.82, 2.24) is 0 Å². The minimum atomic E-state index is -1.05. The Morgan fingerprint density at radius 1 is 1.06 bits per heavy atom. The molecule has 2 aromatic rings. The van der Waals surface area contributed by atoms with Gasteiger partial charge in [-0.25, -0.2) is 0 Å². The normalized spacial score (nSPS) is 18.8. The highest BCUT2D eigenvalue weighted by atomic mass is 16.2. The quantitative estimate of drug-likeness (QED) is 0.560. The van der Waals surface area contributed by atoms with Gasteiger partial charge >= 0.3 is 0 Å². The van der Waals surface area contributed by atoms with Gasteiger partial charge in [-0.05, 0) is 28.0 Å². The van der Waals surface area contributed by atoms with E-state index in [2.05, 4.69) is 0 Å². The minimum Gasteiger partial charge on any atom is -0.290 e. The molecule has 0 saturated heterocycles. The number of hydrogen-bond donors (Lipinski definition) is 0. The summed E-state index contributed by atoms with van der Waals surface area (Å²) in [6.07, 6.45) is 1.77. The van der Waals surface area contributed by atoms with Crippen molar-refractivity contribution in [1.29, 1.82) is 0 Å². The van der Waals surface area contributed by atoms with E-state index >= 15 is 0 Å². The zero-order valence-corrected chi connectivity index (χ0v) is 9.47. The van der Waals surface area contributed by atoms with Crippen LogP contribution in [-0.2, 0) is 20.8 Å². The topological polar surface area (TPSA) is 51.2 Å². The Bertz CT molecular complexity index is 685. The van der Waals surface area contributed by atoms with Gasteiger partial charge in [-0.1, -0.05) is 30.3 Å². The van der Waals surface area contributed by atoms with E-state index in [1.54, 1.807) is 6.29 Å². The van der Waals surface area contributed by atoms with Gasteiger partial charge in [0.15, 0.2) is 0 Å². The van der Waals surface area contributed by atoms with Crippen molar-refractivity contribution < 1.29 is 14.4 Å². The molecule has 1 aliphatic rings. The van der Waals surface area contributed by atoms with Gasteiger partial charge in [-0.2, -0.15) is 0 Å². The fourth-order valence-corrected chi connectivity index (χ4v) is 2.41.